The van der Waals surface area contributed by atoms with E-state index in [0.29, 0.717) is 13.0 Å². The molecule has 2 atom stereocenters. The van der Waals surface area contributed by atoms with Crippen LogP contribution in [0.2, 0.25) is 0 Å². The summed E-state index contributed by atoms with van der Waals surface area (Å²) in [5.41, 5.74) is 5.27. The molecule has 0 bridgehead atoms. The first-order valence-corrected chi connectivity index (χ1v) is 6.43. The van der Waals surface area contributed by atoms with Gasteiger partial charge in [0.15, 0.2) is 0 Å². The molecule has 0 aromatic heterocycles. The lowest BCUT2D eigenvalue weighted by atomic mass is 10.0. The van der Waals surface area contributed by atoms with E-state index in [0.717, 1.165) is 12.8 Å². The Hall–Kier alpha value is -1.79. The van der Waals surface area contributed by atoms with Crippen molar-refractivity contribution in [2.75, 3.05) is 6.54 Å². The number of likely N-dealkylation sites (tertiary alicyclic amines) is 1. The molecule has 1 aliphatic rings. The highest BCUT2D eigenvalue weighted by Gasteiger charge is 2.33. The van der Waals surface area contributed by atoms with Crippen LogP contribution in [0.1, 0.15) is 33.1 Å². The van der Waals surface area contributed by atoms with E-state index < -0.39 is 30.0 Å². The molecule has 0 aromatic carbocycles. The molecule has 1 fully saturated rings. The molecule has 1 rings (SSSR count). The summed E-state index contributed by atoms with van der Waals surface area (Å²) >= 11 is 0. The van der Waals surface area contributed by atoms with Crippen molar-refractivity contribution in [3.05, 3.63) is 0 Å². The van der Waals surface area contributed by atoms with Crippen LogP contribution in [0.4, 0.5) is 4.79 Å². The minimum Gasteiger partial charge on any atom is -0.480 e. The predicted molar refractivity (Wildman–Crippen MR) is 68.3 cm³/mol. The molecule has 7 nitrogen and oxygen atoms in total. The highest BCUT2D eigenvalue weighted by Crippen LogP contribution is 2.17. The van der Waals surface area contributed by atoms with E-state index >= 15 is 0 Å². The van der Waals surface area contributed by atoms with Crippen molar-refractivity contribution in [2.45, 2.75) is 45.2 Å². The van der Waals surface area contributed by atoms with Crippen molar-refractivity contribution in [3.8, 4) is 0 Å². The van der Waals surface area contributed by atoms with Crippen LogP contribution >= 0.6 is 0 Å². The van der Waals surface area contributed by atoms with Crippen molar-refractivity contribution in [3.63, 3.8) is 0 Å². The smallest absolute Gasteiger partial charge is 0.326 e. The number of carbonyl (C=O) groups is 3. The predicted octanol–water partition coefficient (Wildman–Crippen LogP) is 0.145. The summed E-state index contributed by atoms with van der Waals surface area (Å²) in [6.07, 6.45) is 2.16. The van der Waals surface area contributed by atoms with Gasteiger partial charge in [-0.2, -0.15) is 0 Å². The van der Waals surface area contributed by atoms with Crippen LogP contribution in [0.3, 0.4) is 0 Å². The molecule has 1 aliphatic heterocycles. The van der Waals surface area contributed by atoms with Crippen LogP contribution in [0.5, 0.6) is 0 Å². The number of rotatable bonds is 4. The van der Waals surface area contributed by atoms with E-state index in [1.165, 1.54) is 4.90 Å². The second kappa shape index (κ2) is 6.40. The number of piperidine rings is 1. The van der Waals surface area contributed by atoms with Gasteiger partial charge in [0.1, 0.15) is 12.1 Å². The summed E-state index contributed by atoms with van der Waals surface area (Å²) in [7, 11) is 0. The van der Waals surface area contributed by atoms with E-state index in [-0.39, 0.29) is 5.92 Å². The van der Waals surface area contributed by atoms with E-state index in [9.17, 15) is 14.4 Å². The number of nitrogens with one attached hydrogen (secondary N) is 1. The standard InChI is InChI=1S/C12H21N3O4/c1-7(2)9(11(17)18)14-12(19)15-6-4-3-5-8(15)10(13)16/h7-9H,3-6H2,1-2H3,(H2,13,16)(H,14,19)(H,17,18)/t8?,9-/m1/s1. The molecule has 0 radical (unpaired) electrons. The average molecular weight is 271 g/mol. The van der Waals surface area contributed by atoms with Crippen molar-refractivity contribution in [1.29, 1.82) is 0 Å². The highest BCUT2D eigenvalue weighted by atomic mass is 16.4. The largest absolute Gasteiger partial charge is 0.480 e. The first kappa shape index (κ1) is 15.3. The topological polar surface area (TPSA) is 113 Å². The number of primary amides is 1. The Bertz CT molecular complexity index is 370. The number of hydrogen-bond donors (Lipinski definition) is 3. The summed E-state index contributed by atoms with van der Waals surface area (Å²) in [5.74, 6) is -1.87. The summed E-state index contributed by atoms with van der Waals surface area (Å²) in [6.45, 7) is 3.84. The Kier molecular flexibility index (Phi) is 5.14. The van der Waals surface area contributed by atoms with Crippen LogP contribution in [-0.4, -0.2) is 46.5 Å². The highest BCUT2D eigenvalue weighted by molar-refractivity contribution is 5.88. The average Bonchev–Trinajstić information content (AvgIpc) is 2.34. The molecule has 0 saturated carbocycles. The lowest BCUT2D eigenvalue weighted by Crippen LogP contribution is -2.57. The fourth-order valence-electron chi connectivity index (χ4n) is 2.20. The minimum atomic E-state index is -1.09. The Labute approximate surface area is 112 Å². The molecule has 1 heterocycles. The second-order valence-electron chi connectivity index (χ2n) is 5.12. The van der Waals surface area contributed by atoms with Crippen molar-refractivity contribution in [2.24, 2.45) is 11.7 Å². The Morgan fingerprint density at radius 2 is 1.95 bits per heavy atom. The van der Waals surface area contributed by atoms with Gasteiger partial charge in [-0.1, -0.05) is 13.8 Å². The molecule has 19 heavy (non-hydrogen) atoms. The van der Waals surface area contributed by atoms with Gasteiger partial charge in [0.2, 0.25) is 5.91 Å². The molecule has 1 saturated heterocycles. The van der Waals surface area contributed by atoms with Crippen LogP contribution < -0.4 is 11.1 Å². The van der Waals surface area contributed by atoms with Gasteiger partial charge in [-0.3, -0.25) is 4.79 Å². The normalized spacial score (nSPS) is 21.0. The number of carbonyl (C=O) groups excluding carboxylic acids is 2. The Morgan fingerprint density at radius 3 is 2.42 bits per heavy atom. The van der Waals surface area contributed by atoms with Gasteiger partial charge in [-0.15, -0.1) is 0 Å². The van der Waals surface area contributed by atoms with E-state index in [4.69, 9.17) is 10.8 Å². The van der Waals surface area contributed by atoms with Crippen LogP contribution in [0, 0.1) is 5.92 Å². The maximum atomic E-state index is 12.1. The monoisotopic (exact) mass is 271 g/mol. The zero-order chi connectivity index (χ0) is 14.6. The molecule has 0 spiro atoms. The number of carboxylic acid groups (broad SMARTS) is 1. The molecule has 3 amide bonds. The van der Waals surface area contributed by atoms with Crippen LogP contribution in [0.25, 0.3) is 0 Å². The number of aliphatic carboxylic acids is 1. The lowest BCUT2D eigenvalue weighted by Gasteiger charge is -2.34. The number of nitrogens with zero attached hydrogens (tertiary/aromatic N) is 1. The molecule has 0 aliphatic carbocycles. The molecular formula is C12H21N3O4. The first-order chi connectivity index (χ1) is 8.84. The Morgan fingerprint density at radius 1 is 1.32 bits per heavy atom. The van der Waals surface area contributed by atoms with E-state index in [2.05, 4.69) is 5.32 Å². The quantitative estimate of drug-likeness (QED) is 0.675. The Balaban J connectivity index is 2.74. The fourth-order valence-corrected chi connectivity index (χ4v) is 2.20. The number of amides is 3. The molecule has 4 N–H and O–H groups in total. The third kappa shape index (κ3) is 3.84. The van der Waals surface area contributed by atoms with Gasteiger partial charge < -0.3 is 21.1 Å². The number of urea groups is 1. The number of carboxylic acids is 1. The van der Waals surface area contributed by atoms with Gasteiger partial charge in [0.05, 0.1) is 0 Å². The minimum absolute atomic E-state index is 0.238. The van der Waals surface area contributed by atoms with Gasteiger partial charge in [-0.25, -0.2) is 9.59 Å². The summed E-state index contributed by atoms with van der Waals surface area (Å²) in [4.78, 5) is 35.8. The zero-order valence-electron chi connectivity index (χ0n) is 11.3. The second-order valence-corrected chi connectivity index (χ2v) is 5.12. The SMILES string of the molecule is CC(C)[C@@H](NC(=O)N1CCCCC1C(N)=O)C(=O)O. The fraction of sp³-hybridized carbons (Fsp3) is 0.750. The van der Waals surface area contributed by atoms with Gasteiger partial charge in [0.25, 0.3) is 0 Å². The molecule has 0 aromatic rings. The van der Waals surface area contributed by atoms with Crippen LogP contribution in [0.15, 0.2) is 0 Å². The summed E-state index contributed by atoms with van der Waals surface area (Å²) < 4.78 is 0. The van der Waals surface area contributed by atoms with E-state index in [1.807, 2.05) is 0 Å². The maximum Gasteiger partial charge on any atom is 0.326 e. The maximum absolute atomic E-state index is 12.1. The summed E-state index contributed by atoms with van der Waals surface area (Å²) in [5, 5.41) is 11.5. The van der Waals surface area contributed by atoms with Crippen molar-refractivity contribution < 1.29 is 19.5 Å². The van der Waals surface area contributed by atoms with Crippen molar-refractivity contribution >= 4 is 17.9 Å². The third-order valence-electron chi connectivity index (χ3n) is 3.30. The molecule has 108 valence electrons. The molecular weight excluding hydrogens is 250 g/mol. The van der Waals surface area contributed by atoms with Crippen LogP contribution in [-0.2, 0) is 9.59 Å². The first-order valence-electron chi connectivity index (χ1n) is 6.43. The third-order valence-corrected chi connectivity index (χ3v) is 3.30. The zero-order valence-corrected chi connectivity index (χ0v) is 11.3. The number of nitrogens with two attached hydrogens (primary N) is 1. The van der Waals surface area contributed by atoms with Gasteiger partial charge in [0, 0.05) is 6.54 Å². The van der Waals surface area contributed by atoms with Gasteiger partial charge in [-0.05, 0) is 25.2 Å². The van der Waals surface area contributed by atoms with Crippen molar-refractivity contribution in [1.82, 2.24) is 10.2 Å². The van der Waals surface area contributed by atoms with E-state index in [1.54, 1.807) is 13.8 Å². The molecule has 7 heteroatoms. The molecule has 1 unspecified atom stereocenters. The summed E-state index contributed by atoms with van der Waals surface area (Å²) in [6, 6.07) is -2.15. The lowest BCUT2D eigenvalue weighted by molar-refractivity contribution is -0.140. The number of hydrogen-bond acceptors (Lipinski definition) is 3. The van der Waals surface area contributed by atoms with Gasteiger partial charge >= 0.3 is 12.0 Å².